The van der Waals surface area contributed by atoms with Crippen LogP contribution in [0, 0.1) is 20.8 Å². The fraction of sp³-hybridized carbons (Fsp3) is 0.462. The number of phenols is 1. The monoisotopic (exact) mass is 284 g/mol. The fourth-order valence-electron chi connectivity index (χ4n) is 1.79. The summed E-state index contributed by atoms with van der Waals surface area (Å²) in [5.74, 6) is 0.151. The maximum Gasteiger partial charge on any atom is 0.166 e. The molecule has 88 valence electrons. The average Bonchev–Trinajstić information content (AvgIpc) is 2.24. The minimum Gasteiger partial charge on any atom is -0.507 e. The highest BCUT2D eigenvalue weighted by atomic mass is 79.9. The zero-order chi connectivity index (χ0) is 12.5. The zero-order valence-corrected chi connectivity index (χ0v) is 11.7. The lowest BCUT2D eigenvalue weighted by molar-refractivity contribution is 0.0978. The molecule has 1 aromatic carbocycles. The quantitative estimate of drug-likeness (QED) is 0.850. The maximum atomic E-state index is 11.9. The van der Waals surface area contributed by atoms with Crippen molar-refractivity contribution in [1.82, 2.24) is 0 Å². The van der Waals surface area contributed by atoms with E-state index < -0.39 is 0 Å². The smallest absolute Gasteiger partial charge is 0.166 e. The lowest BCUT2D eigenvalue weighted by Crippen LogP contribution is -2.05. The molecule has 0 aromatic heterocycles. The Morgan fingerprint density at radius 3 is 2.25 bits per heavy atom. The molecule has 0 aliphatic rings. The van der Waals surface area contributed by atoms with Gasteiger partial charge in [-0.25, -0.2) is 0 Å². The molecule has 0 radical (unpaired) electrons. The van der Waals surface area contributed by atoms with Gasteiger partial charge < -0.3 is 5.11 Å². The van der Waals surface area contributed by atoms with Gasteiger partial charge in [0.05, 0.1) is 5.56 Å². The first kappa shape index (κ1) is 13.2. The number of rotatable bonds is 3. The molecular formula is C13H17BrO2. The van der Waals surface area contributed by atoms with Crippen molar-refractivity contribution < 1.29 is 9.90 Å². The van der Waals surface area contributed by atoms with Gasteiger partial charge in [-0.15, -0.1) is 0 Å². The average molecular weight is 285 g/mol. The minimum absolute atomic E-state index is 0.0151. The largest absolute Gasteiger partial charge is 0.507 e. The van der Waals surface area contributed by atoms with Gasteiger partial charge in [0.15, 0.2) is 5.78 Å². The summed E-state index contributed by atoms with van der Waals surface area (Å²) in [6, 6.07) is 0. The van der Waals surface area contributed by atoms with Gasteiger partial charge in [0.25, 0.3) is 0 Å². The van der Waals surface area contributed by atoms with Crippen molar-refractivity contribution >= 4 is 21.7 Å². The standard InChI is InChI=1S/C13H17BrO2/c1-5-6-10(15)11-9(4)12(14)7(2)8(3)13(11)16/h16H,5-6H2,1-4H3. The molecule has 0 heterocycles. The second-order valence-electron chi connectivity index (χ2n) is 4.09. The van der Waals surface area contributed by atoms with E-state index in [1.807, 2.05) is 27.7 Å². The molecule has 1 rings (SSSR count). The summed E-state index contributed by atoms with van der Waals surface area (Å²) in [5.41, 5.74) is 3.07. The molecule has 0 aliphatic heterocycles. The van der Waals surface area contributed by atoms with Crippen LogP contribution in [0.2, 0.25) is 0 Å². The number of halogens is 1. The van der Waals surface area contributed by atoms with Crippen molar-refractivity contribution in [3.8, 4) is 5.75 Å². The van der Waals surface area contributed by atoms with Crippen molar-refractivity contribution in [3.63, 3.8) is 0 Å². The molecule has 0 bridgehead atoms. The Bertz CT molecular complexity index is 407. The highest BCUT2D eigenvalue weighted by molar-refractivity contribution is 9.10. The molecule has 0 unspecified atom stereocenters. The molecule has 2 nitrogen and oxygen atoms in total. The Kier molecular flexibility index (Phi) is 4.14. The summed E-state index contributed by atoms with van der Waals surface area (Å²) >= 11 is 3.47. The third-order valence-electron chi connectivity index (χ3n) is 2.94. The number of hydrogen-bond acceptors (Lipinski definition) is 2. The van der Waals surface area contributed by atoms with E-state index >= 15 is 0 Å². The number of ketones is 1. The van der Waals surface area contributed by atoms with Gasteiger partial charge in [-0.3, -0.25) is 4.79 Å². The summed E-state index contributed by atoms with van der Waals surface area (Å²) in [5, 5.41) is 10.0. The van der Waals surface area contributed by atoms with E-state index in [0.29, 0.717) is 12.0 Å². The number of phenolic OH excluding ortho intramolecular Hbond substituents is 1. The van der Waals surface area contributed by atoms with Gasteiger partial charge in [0, 0.05) is 10.9 Å². The lowest BCUT2D eigenvalue weighted by Gasteiger charge is -2.15. The first-order valence-electron chi connectivity index (χ1n) is 5.43. The summed E-state index contributed by atoms with van der Waals surface area (Å²) in [4.78, 5) is 11.9. The van der Waals surface area contributed by atoms with E-state index in [2.05, 4.69) is 15.9 Å². The molecule has 0 fully saturated rings. The molecule has 0 spiro atoms. The highest BCUT2D eigenvalue weighted by Gasteiger charge is 2.20. The Hall–Kier alpha value is -0.830. The SMILES string of the molecule is CCCC(=O)c1c(C)c(Br)c(C)c(C)c1O. The number of aromatic hydroxyl groups is 1. The topological polar surface area (TPSA) is 37.3 Å². The van der Waals surface area contributed by atoms with E-state index in [1.54, 1.807) is 0 Å². The van der Waals surface area contributed by atoms with E-state index in [9.17, 15) is 9.90 Å². The molecule has 1 aromatic rings. The molecular weight excluding hydrogens is 268 g/mol. The Morgan fingerprint density at radius 1 is 1.19 bits per heavy atom. The van der Waals surface area contributed by atoms with Gasteiger partial charge in [-0.2, -0.15) is 0 Å². The molecule has 0 aliphatic carbocycles. The van der Waals surface area contributed by atoms with Crippen LogP contribution in [0.5, 0.6) is 5.75 Å². The van der Waals surface area contributed by atoms with Gasteiger partial charge in [-0.05, 0) is 43.9 Å². The van der Waals surface area contributed by atoms with Crippen LogP contribution in [-0.2, 0) is 0 Å². The van der Waals surface area contributed by atoms with Crippen LogP contribution in [-0.4, -0.2) is 10.9 Å². The molecule has 1 N–H and O–H groups in total. The van der Waals surface area contributed by atoms with Crippen molar-refractivity contribution in [1.29, 1.82) is 0 Å². The maximum absolute atomic E-state index is 11.9. The third kappa shape index (κ3) is 2.14. The van der Waals surface area contributed by atoms with Crippen LogP contribution in [0.25, 0.3) is 0 Å². The minimum atomic E-state index is 0.0151. The molecule has 3 heteroatoms. The van der Waals surface area contributed by atoms with Crippen LogP contribution in [0.1, 0.15) is 46.8 Å². The summed E-state index contributed by atoms with van der Waals surface area (Å²) < 4.78 is 0.919. The predicted molar refractivity (Wildman–Crippen MR) is 69.3 cm³/mol. The number of carbonyl (C=O) groups excluding carboxylic acids is 1. The van der Waals surface area contributed by atoms with Crippen molar-refractivity contribution in [2.45, 2.75) is 40.5 Å². The first-order chi connectivity index (χ1) is 7.41. The Labute approximate surface area is 105 Å². The number of hydrogen-bond donors (Lipinski definition) is 1. The van der Waals surface area contributed by atoms with Gasteiger partial charge in [-0.1, -0.05) is 22.9 Å². The van der Waals surface area contributed by atoms with E-state index in [1.165, 1.54) is 0 Å². The third-order valence-corrected chi connectivity index (χ3v) is 4.13. The van der Waals surface area contributed by atoms with Gasteiger partial charge in [0.2, 0.25) is 0 Å². The highest BCUT2D eigenvalue weighted by Crippen LogP contribution is 2.35. The predicted octanol–water partition coefficient (Wildman–Crippen LogP) is 4.06. The number of benzene rings is 1. The fourth-order valence-corrected chi connectivity index (χ4v) is 2.29. The number of Topliss-reactive ketones (excluding diaryl/α,β-unsaturated/α-hetero) is 1. The molecule has 0 saturated heterocycles. The summed E-state index contributed by atoms with van der Waals surface area (Å²) in [7, 11) is 0. The summed E-state index contributed by atoms with van der Waals surface area (Å²) in [6.07, 6.45) is 1.27. The number of carbonyl (C=O) groups is 1. The zero-order valence-electron chi connectivity index (χ0n) is 10.1. The van der Waals surface area contributed by atoms with Crippen LogP contribution < -0.4 is 0 Å². The molecule has 0 atom stereocenters. The second kappa shape index (κ2) is 5.00. The Morgan fingerprint density at radius 2 is 1.75 bits per heavy atom. The van der Waals surface area contributed by atoms with Gasteiger partial charge in [0.1, 0.15) is 5.75 Å². The van der Waals surface area contributed by atoms with E-state index in [0.717, 1.165) is 27.6 Å². The lowest BCUT2D eigenvalue weighted by atomic mass is 9.95. The van der Waals surface area contributed by atoms with E-state index in [-0.39, 0.29) is 11.5 Å². The van der Waals surface area contributed by atoms with Crippen molar-refractivity contribution in [2.24, 2.45) is 0 Å². The normalized spacial score (nSPS) is 10.6. The second-order valence-corrected chi connectivity index (χ2v) is 4.88. The van der Waals surface area contributed by atoms with Crippen molar-refractivity contribution in [2.75, 3.05) is 0 Å². The van der Waals surface area contributed by atoms with Crippen LogP contribution in [0.4, 0.5) is 0 Å². The van der Waals surface area contributed by atoms with E-state index in [4.69, 9.17) is 0 Å². The molecule has 0 amide bonds. The van der Waals surface area contributed by atoms with Crippen molar-refractivity contribution in [3.05, 3.63) is 26.7 Å². The Balaban J connectivity index is 3.45. The van der Waals surface area contributed by atoms with Crippen LogP contribution in [0.15, 0.2) is 4.47 Å². The molecule has 0 saturated carbocycles. The van der Waals surface area contributed by atoms with Crippen LogP contribution >= 0.6 is 15.9 Å². The van der Waals surface area contributed by atoms with Gasteiger partial charge >= 0.3 is 0 Å². The first-order valence-corrected chi connectivity index (χ1v) is 6.22. The van der Waals surface area contributed by atoms with Crippen LogP contribution in [0.3, 0.4) is 0 Å². The summed E-state index contributed by atoms with van der Waals surface area (Å²) in [6.45, 7) is 7.58. The molecule has 16 heavy (non-hydrogen) atoms.